The molecule has 2 aliphatic heterocycles. The Morgan fingerprint density at radius 1 is 0.643 bits per heavy atom. The summed E-state index contributed by atoms with van der Waals surface area (Å²) in [4.78, 5) is 69.0. The fraction of sp³-hybridized carbons (Fsp3) is 0.645. The number of esters is 2. The average Bonchev–Trinajstić information content (AvgIpc) is 3.21. The Morgan fingerprint density at radius 3 is 1.45 bits per heavy atom. The van der Waals surface area contributed by atoms with E-state index in [0.29, 0.717) is 51.4 Å². The van der Waals surface area contributed by atoms with Gasteiger partial charge in [-0.3, -0.25) is 43.6 Å². The van der Waals surface area contributed by atoms with Gasteiger partial charge in [-0.25, -0.2) is 0 Å². The lowest BCUT2D eigenvalue weighted by atomic mass is 10.1. The molecule has 11 nitrogen and oxygen atoms in total. The van der Waals surface area contributed by atoms with Gasteiger partial charge in [-0.05, 0) is 47.1 Å². The van der Waals surface area contributed by atoms with E-state index >= 15 is 0 Å². The zero-order chi connectivity index (χ0) is 31.1. The van der Waals surface area contributed by atoms with E-state index < -0.39 is 11.2 Å². The molecule has 2 aliphatic rings. The summed E-state index contributed by atoms with van der Waals surface area (Å²) in [5, 5.41) is 0. The number of imide groups is 1. The van der Waals surface area contributed by atoms with Crippen molar-refractivity contribution < 1.29 is 33.4 Å². The number of hydrogen-bond acceptors (Lipinski definition) is 10. The molecule has 2 heterocycles. The largest absolute Gasteiger partial charge is 0.459 e. The van der Waals surface area contributed by atoms with Crippen LogP contribution in [0.3, 0.4) is 0 Å². The first-order valence-electron chi connectivity index (χ1n) is 14.6. The van der Waals surface area contributed by atoms with Gasteiger partial charge in [0.05, 0.1) is 19.6 Å². The van der Waals surface area contributed by atoms with Gasteiger partial charge >= 0.3 is 11.9 Å². The van der Waals surface area contributed by atoms with E-state index in [4.69, 9.17) is 9.47 Å². The molecule has 0 aliphatic carbocycles. The van der Waals surface area contributed by atoms with Crippen molar-refractivity contribution in [2.75, 3.05) is 58.9 Å². The van der Waals surface area contributed by atoms with E-state index in [9.17, 15) is 24.0 Å². The summed E-state index contributed by atoms with van der Waals surface area (Å²) in [6.45, 7) is 15.7. The van der Waals surface area contributed by atoms with Gasteiger partial charge in [-0.1, -0.05) is 24.3 Å². The predicted octanol–water partition coefficient (Wildman–Crippen LogP) is 2.12. The number of nitrogens with zero attached hydrogens (tertiary/aromatic N) is 4. The Morgan fingerprint density at radius 2 is 1.05 bits per heavy atom. The summed E-state index contributed by atoms with van der Waals surface area (Å²) >= 11 is 0. The van der Waals surface area contributed by atoms with Crippen LogP contribution in [0.1, 0.15) is 70.3 Å². The molecule has 42 heavy (non-hydrogen) atoms. The predicted molar refractivity (Wildman–Crippen MR) is 157 cm³/mol. The average molecular weight is 587 g/mol. The van der Waals surface area contributed by atoms with Crippen LogP contribution in [0.4, 0.5) is 0 Å². The number of amides is 2. The molecule has 1 aromatic carbocycles. The van der Waals surface area contributed by atoms with E-state index in [1.54, 1.807) is 12.1 Å². The molecule has 2 fully saturated rings. The van der Waals surface area contributed by atoms with E-state index in [1.807, 2.05) is 53.7 Å². The molecule has 0 N–H and O–H groups in total. The van der Waals surface area contributed by atoms with Crippen molar-refractivity contribution in [3.8, 4) is 0 Å². The van der Waals surface area contributed by atoms with Crippen LogP contribution in [0.25, 0.3) is 0 Å². The van der Waals surface area contributed by atoms with E-state index in [-0.39, 0.29) is 62.0 Å². The maximum atomic E-state index is 12.7. The number of likely N-dealkylation sites (tertiary alicyclic amines) is 1. The number of Topliss-reactive ketones (excluding diaryl/α,β-unsaturated/α-hetero) is 1. The summed E-state index contributed by atoms with van der Waals surface area (Å²) in [5.41, 5.74) is 0.302. The molecule has 0 spiro atoms. The summed E-state index contributed by atoms with van der Waals surface area (Å²) in [5.74, 6) is -1.46. The molecule has 3 rings (SSSR count). The fourth-order valence-electron chi connectivity index (χ4n) is 4.86. The molecule has 0 aromatic heterocycles. The van der Waals surface area contributed by atoms with Crippen molar-refractivity contribution in [1.82, 2.24) is 19.6 Å². The number of carbonyl (C=O) groups excluding carboxylic acids is 5. The smallest absolute Gasteiger partial charge is 0.320 e. The molecular weight excluding hydrogens is 540 g/mol. The Hall–Kier alpha value is -3.15. The molecule has 2 amide bonds. The molecule has 2 saturated heterocycles. The van der Waals surface area contributed by atoms with Crippen LogP contribution < -0.4 is 0 Å². The van der Waals surface area contributed by atoms with Crippen molar-refractivity contribution in [2.24, 2.45) is 0 Å². The molecule has 0 atom stereocenters. The van der Waals surface area contributed by atoms with Gasteiger partial charge in [0.1, 0.15) is 11.2 Å². The van der Waals surface area contributed by atoms with Crippen molar-refractivity contribution >= 4 is 29.5 Å². The molecule has 1 aromatic rings. The van der Waals surface area contributed by atoms with E-state index in [0.717, 1.165) is 10.5 Å². The van der Waals surface area contributed by atoms with Crippen molar-refractivity contribution in [3.05, 3.63) is 35.4 Å². The fourth-order valence-corrected chi connectivity index (χ4v) is 4.86. The highest BCUT2D eigenvalue weighted by Gasteiger charge is 2.30. The number of ketones is 1. The topological polar surface area (TPSA) is 117 Å². The van der Waals surface area contributed by atoms with Gasteiger partial charge in [0.25, 0.3) is 0 Å². The van der Waals surface area contributed by atoms with Gasteiger partial charge in [-0.15, -0.1) is 0 Å². The first-order chi connectivity index (χ1) is 19.6. The summed E-state index contributed by atoms with van der Waals surface area (Å²) < 4.78 is 11.1. The summed E-state index contributed by atoms with van der Waals surface area (Å²) in [7, 11) is 0. The molecule has 11 heteroatoms. The van der Waals surface area contributed by atoms with E-state index in [2.05, 4.69) is 14.7 Å². The minimum Gasteiger partial charge on any atom is -0.459 e. The van der Waals surface area contributed by atoms with Crippen LogP contribution in [-0.4, -0.2) is 119 Å². The SMILES string of the molecule is CC(C)(C)OC(=O)CN1CCN(CC(=O)OC(C)(C)C)CCN(Cc2ccc(C(=O)CN3C(=O)CCC3=O)cc2)CC1. The maximum Gasteiger partial charge on any atom is 0.320 e. The lowest BCUT2D eigenvalue weighted by Crippen LogP contribution is -2.42. The van der Waals surface area contributed by atoms with Gasteiger partial charge in [0.2, 0.25) is 11.8 Å². The minimum atomic E-state index is -0.571. The second-order valence-electron chi connectivity index (χ2n) is 13.0. The zero-order valence-corrected chi connectivity index (χ0v) is 25.9. The first-order valence-corrected chi connectivity index (χ1v) is 14.6. The number of hydrogen-bond donors (Lipinski definition) is 0. The van der Waals surface area contributed by atoms with Crippen LogP contribution in [0.5, 0.6) is 0 Å². The molecule has 0 bridgehead atoms. The highest BCUT2D eigenvalue weighted by molar-refractivity contribution is 6.07. The Kier molecular flexibility index (Phi) is 11.4. The molecule has 0 saturated carbocycles. The summed E-state index contributed by atoms with van der Waals surface area (Å²) in [6, 6.07) is 7.21. The Bertz CT molecular complexity index is 1080. The maximum absolute atomic E-state index is 12.7. The number of rotatable bonds is 9. The first kappa shape index (κ1) is 33.4. The van der Waals surface area contributed by atoms with Crippen molar-refractivity contribution in [2.45, 2.75) is 72.1 Å². The van der Waals surface area contributed by atoms with Gasteiger partial charge in [0, 0.05) is 64.2 Å². The Balaban J connectivity index is 1.66. The summed E-state index contributed by atoms with van der Waals surface area (Å²) in [6.07, 6.45) is 0.316. The standard InChI is InChI=1S/C31H46N4O7/c1-30(2,3)41-28(39)21-33-15-13-32(14-16-34(18-17-33)22-29(40)42-31(4,5)6)19-23-7-9-24(10-8-23)25(36)20-35-26(37)11-12-27(35)38/h7-10H,11-22H2,1-6H3. The Labute approximate surface area is 249 Å². The molecule has 232 valence electrons. The number of ether oxygens (including phenoxy) is 2. The molecular formula is C31H46N4O7. The quantitative estimate of drug-likeness (QED) is 0.242. The molecule has 0 unspecified atom stereocenters. The van der Waals surface area contributed by atoms with Crippen LogP contribution >= 0.6 is 0 Å². The lowest BCUT2D eigenvalue weighted by Gasteiger charge is -2.27. The van der Waals surface area contributed by atoms with Crippen LogP contribution in [0.15, 0.2) is 24.3 Å². The van der Waals surface area contributed by atoms with Crippen LogP contribution in [0.2, 0.25) is 0 Å². The van der Waals surface area contributed by atoms with Gasteiger partial charge in [0.15, 0.2) is 5.78 Å². The van der Waals surface area contributed by atoms with Gasteiger partial charge < -0.3 is 9.47 Å². The highest BCUT2D eigenvalue weighted by atomic mass is 16.6. The highest BCUT2D eigenvalue weighted by Crippen LogP contribution is 2.15. The third kappa shape index (κ3) is 11.3. The third-order valence-corrected chi connectivity index (χ3v) is 6.88. The number of carbonyl (C=O) groups is 5. The van der Waals surface area contributed by atoms with E-state index in [1.165, 1.54) is 0 Å². The van der Waals surface area contributed by atoms with Gasteiger partial charge in [-0.2, -0.15) is 0 Å². The van der Waals surface area contributed by atoms with Crippen molar-refractivity contribution in [1.29, 1.82) is 0 Å². The monoisotopic (exact) mass is 586 g/mol. The van der Waals surface area contributed by atoms with Crippen LogP contribution in [0, 0.1) is 0 Å². The lowest BCUT2D eigenvalue weighted by molar-refractivity contribution is -0.158. The second-order valence-corrected chi connectivity index (χ2v) is 13.0. The normalized spacial score (nSPS) is 18.4. The molecule has 0 radical (unpaired) electrons. The van der Waals surface area contributed by atoms with Crippen LogP contribution in [-0.2, 0) is 35.2 Å². The third-order valence-electron chi connectivity index (χ3n) is 6.88. The minimum absolute atomic E-state index is 0.157. The second kappa shape index (κ2) is 14.3. The van der Waals surface area contributed by atoms with Crippen molar-refractivity contribution in [3.63, 3.8) is 0 Å². The number of benzene rings is 1. The zero-order valence-electron chi connectivity index (χ0n) is 25.9.